The number of rotatable bonds is 5. The van der Waals surface area contributed by atoms with E-state index in [4.69, 9.17) is 4.74 Å². The molecule has 0 aliphatic heterocycles. The van der Waals surface area contributed by atoms with Crippen LogP contribution in [0.3, 0.4) is 0 Å². The van der Waals surface area contributed by atoms with Crippen molar-refractivity contribution in [3.63, 3.8) is 0 Å². The maximum atomic E-state index is 11.4. The fourth-order valence-corrected chi connectivity index (χ4v) is 2.56. The van der Waals surface area contributed by atoms with Crippen LogP contribution in [-0.2, 0) is 6.61 Å². The van der Waals surface area contributed by atoms with Crippen molar-refractivity contribution in [3.8, 4) is 16.9 Å². The van der Waals surface area contributed by atoms with Crippen LogP contribution in [0.1, 0.15) is 21.5 Å². The van der Waals surface area contributed by atoms with Gasteiger partial charge in [0.1, 0.15) is 12.4 Å². The van der Waals surface area contributed by atoms with Gasteiger partial charge in [-0.05, 0) is 41.8 Å². The normalized spacial score (nSPS) is 10.4. The van der Waals surface area contributed by atoms with Gasteiger partial charge in [0.05, 0.1) is 5.56 Å². The molecule has 3 rings (SSSR count). The minimum Gasteiger partial charge on any atom is -0.489 e. The largest absolute Gasteiger partial charge is 0.489 e. The van der Waals surface area contributed by atoms with Crippen molar-refractivity contribution in [2.75, 3.05) is 0 Å². The average molecular weight is 318 g/mol. The van der Waals surface area contributed by atoms with Crippen LogP contribution in [0.25, 0.3) is 11.1 Å². The number of hydrogen-bond donors (Lipinski definition) is 1. The Hall–Kier alpha value is -3.07. The lowest BCUT2D eigenvalue weighted by Gasteiger charge is -2.10. The molecule has 0 atom stereocenters. The quantitative estimate of drug-likeness (QED) is 0.725. The molecule has 3 aromatic rings. The number of carbonyl (C=O) groups is 1. The molecule has 120 valence electrons. The van der Waals surface area contributed by atoms with Crippen molar-refractivity contribution >= 4 is 5.97 Å². The first kappa shape index (κ1) is 15.8. The van der Waals surface area contributed by atoms with Gasteiger partial charge >= 0.3 is 5.97 Å². The monoisotopic (exact) mass is 318 g/mol. The smallest absolute Gasteiger partial charge is 0.336 e. The van der Waals surface area contributed by atoms with E-state index < -0.39 is 5.97 Å². The highest BCUT2D eigenvalue weighted by molar-refractivity contribution is 5.96. The van der Waals surface area contributed by atoms with Crippen molar-refractivity contribution in [1.29, 1.82) is 0 Å². The Morgan fingerprint density at radius 3 is 2.33 bits per heavy atom. The number of hydrogen-bond acceptors (Lipinski definition) is 2. The molecule has 0 unspecified atom stereocenters. The van der Waals surface area contributed by atoms with Gasteiger partial charge in [-0.1, -0.05) is 60.2 Å². The second-order valence-corrected chi connectivity index (χ2v) is 5.65. The maximum absolute atomic E-state index is 11.4. The van der Waals surface area contributed by atoms with Crippen LogP contribution in [0.4, 0.5) is 0 Å². The molecule has 0 aliphatic carbocycles. The zero-order valence-electron chi connectivity index (χ0n) is 13.4. The number of aryl methyl sites for hydroxylation is 1. The highest BCUT2D eigenvalue weighted by Crippen LogP contribution is 2.27. The van der Waals surface area contributed by atoms with E-state index in [1.54, 1.807) is 6.07 Å². The minimum absolute atomic E-state index is 0.313. The summed E-state index contributed by atoms with van der Waals surface area (Å²) in [5.41, 5.74) is 3.92. The molecular weight excluding hydrogens is 300 g/mol. The van der Waals surface area contributed by atoms with Gasteiger partial charge in [-0.15, -0.1) is 0 Å². The summed E-state index contributed by atoms with van der Waals surface area (Å²) in [6.45, 7) is 2.39. The lowest BCUT2D eigenvalue weighted by Crippen LogP contribution is -2.00. The number of aromatic carboxylic acids is 1. The molecule has 3 nitrogen and oxygen atoms in total. The number of ether oxygens (including phenoxy) is 1. The topological polar surface area (TPSA) is 46.5 Å². The second-order valence-electron chi connectivity index (χ2n) is 5.65. The molecule has 0 radical (unpaired) electrons. The Bertz CT molecular complexity index is 837. The van der Waals surface area contributed by atoms with Crippen LogP contribution < -0.4 is 4.74 Å². The minimum atomic E-state index is -0.918. The first-order valence-electron chi connectivity index (χ1n) is 7.74. The molecular formula is C21H18O3. The van der Waals surface area contributed by atoms with Crippen LogP contribution in [0, 0.1) is 6.92 Å². The summed E-state index contributed by atoms with van der Waals surface area (Å²) in [5, 5.41) is 9.39. The van der Waals surface area contributed by atoms with Crippen LogP contribution in [0.5, 0.6) is 5.75 Å². The third-order valence-electron chi connectivity index (χ3n) is 3.82. The van der Waals surface area contributed by atoms with E-state index >= 15 is 0 Å². The molecule has 0 spiro atoms. The average Bonchev–Trinajstić information content (AvgIpc) is 2.61. The molecule has 0 aliphatic rings. The molecule has 24 heavy (non-hydrogen) atoms. The lowest BCUT2D eigenvalue weighted by molar-refractivity contribution is 0.0697. The standard InChI is InChI=1S/C21H18O3/c1-15-7-12-19(20(13-15)21(22)23)17-8-10-18(11-9-17)24-14-16-5-3-2-4-6-16/h2-13H,14H2,1H3,(H,22,23). The summed E-state index contributed by atoms with van der Waals surface area (Å²) in [6.07, 6.45) is 0. The molecule has 3 heteroatoms. The summed E-state index contributed by atoms with van der Waals surface area (Å²) >= 11 is 0. The van der Waals surface area contributed by atoms with Gasteiger partial charge in [-0.3, -0.25) is 0 Å². The predicted molar refractivity (Wildman–Crippen MR) is 94.3 cm³/mol. The molecule has 0 fully saturated rings. The van der Waals surface area contributed by atoms with Gasteiger partial charge in [0.15, 0.2) is 0 Å². The maximum Gasteiger partial charge on any atom is 0.336 e. The van der Waals surface area contributed by atoms with Crippen molar-refractivity contribution in [1.82, 2.24) is 0 Å². The van der Waals surface area contributed by atoms with Crippen LogP contribution >= 0.6 is 0 Å². The van der Waals surface area contributed by atoms with E-state index in [1.807, 2.05) is 73.7 Å². The van der Waals surface area contributed by atoms with Gasteiger partial charge < -0.3 is 9.84 Å². The Balaban J connectivity index is 1.79. The lowest BCUT2D eigenvalue weighted by atomic mass is 9.98. The summed E-state index contributed by atoms with van der Waals surface area (Å²) in [5.74, 6) is -0.162. The molecule has 0 saturated carbocycles. The molecule has 0 bridgehead atoms. The fourth-order valence-electron chi connectivity index (χ4n) is 2.56. The van der Waals surface area contributed by atoms with Crippen LogP contribution in [-0.4, -0.2) is 11.1 Å². The number of benzene rings is 3. The Morgan fingerprint density at radius 1 is 0.958 bits per heavy atom. The summed E-state index contributed by atoms with van der Waals surface area (Å²) in [4.78, 5) is 11.4. The first-order valence-corrected chi connectivity index (χ1v) is 7.74. The van der Waals surface area contributed by atoms with E-state index in [1.165, 1.54) is 0 Å². The molecule has 0 aromatic heterocycles. The molecule has 3 aromatic carbocycles. The number of carboxylic acid groups (broad SMARTS) is 1. The van der Waals surface area contributed by atoms with E-state index in [2.05, 4.69) is 0 Å². The summed E-state index contributed by atoms with van der Waals surface area (Å²) in [7, 11) is 0. The van der Waals surface area contributed by atoms with Crippen molar-refractivity contribution < 1.29 is 14.6 Å². The van der Waals surface area contributed by atoms with E-state index in [-0.39, 0.29) is 0 Å². The Labute approximate surface area is 141 Å². The summed E-state index contributed by atoms with van der Waals surface area (Å²) in [6, 6.07) is 22.9. The highest BCUT2D eigenvalue weighted by atomic mass is 16.5. The van der Waals surface area contributed by atoms with Gasteiger partial charge in [-0.25, -0.2) is 4.79 Å². The fraction of sp³-hybridized carbons (Fsp3) is 0.0952. The number of carboxylic acids is 1. The SMILES string of the molecule is Cc1ccc(-c2ccc(OCc3ccccc3)cc2)c(C(=O)O)c1. The highest BCUT2D eigenvalue weighted by Gasteiger charge is 2.12. The molecule has 1 N–H and O–H groups in total. The zero-order chi connectivity index (χ0) is 16.9. The zero-order valence-corrected chi connectivity index (χ0v) is 13.4. The van der Waals surface area contributed by atoms with Crippen LogP contribution in [0.2, 0.25) is 0 Å². The Morgan fingerprint density at radius 2 is 1.67 bits per heavy atom. The Kier molecular flexibility index (Phi) is 4.62. The molecule has 0 saturated heterocycles. The van der Waals surface area contributed by atoms with Gasteiger partial charge in [0.25, 0.3) is 0 Å². The van der Waals surface area contributed by atoms with Crippen molar-refractivity contribution in [3.05, 3.63) is 89.5 Å². The third-order valence-corrected chi connectivity index (χ3v) is 3.82. The van der Waals surface area contributed by atoms with Crippen molar-refractivity contribution in [2.45, 2.75) is 13.5 Å². The van der Waals surface area contributed by atoms with Gasteiger partial charge in [0, 0.05) is 0 Å². The molecule has 0 heterocycles. The predicted octanol–water partition coefficient (Wildman–Crippen LogP) is 4.94. The molecule has 0 amide bonds. The van der Waals surface area contributed by atoms with E-state index in [0.717, 1.165) is 22.4 Å². The summed E-state index contributed by atoms with van der Waals surface area (Å²) < 4.78 is 5.76. The van der Waals surface area contributed by atoms with E-state index in [0.29, 0.717) is 17.7 Å². The third kappa shape index (κ3) is 3.63. The first-order chi connectivity index (χ1) is 11.6. The van der Waals surface area contributed by atoms with E-state index in [9.17, 15) is 9.90 Å². The second kappa shape index (κ2) is 7.01. The van der Waals surface area contributed by atoms with Crippen molar-refractivity contribution in [2.24, 2.45) is 0 Å². The van der Waals surface area contributed by atoms with Crippen LogP contribution in [0.15, 0.2) is 72.8 Å². The van der Waals surface area contributed by atoms with Gasteiger partial charge in [0.2, 0.25) is 0 Å². The van der Waals surface area contributed by atoms with Gasteiger partial charge in [-0.2, -0.15) is 0 Å².